The summed E-state index contributed by atoms with van der Waals surface area (Å²) in [5.74, 6) is 0.480. The maximum Gasteiger partial charge on any atom is 0.226 e. The zero-order chi connectivity index (χ0) is 8.72. The Kier molecular flexibility index (Phi) is 1.58. The minimum atomic E-state index is 0.480. The fourth-order valence-corrected chi connectivity index (χ4v) is 1.47. The molecule has 1 aliphatic heterocycles. The van der Waals surface area contributed by atoms with E-state index in [-0.39, 0.29) is 0 Å². The summed E-state index contributed by atoms with van der Waals surface area (Å²) in [6.45, 7) is 6.08. The van der Waals surface area contributed by atoms with Crippen LogP contribution in [0.2, 0.25) is 0 Å². The summed E-state index contributed by atoms with van der Waals surface area (Å²) < 4.78 is 4.87. The number of anilines is 1. The van der Waals surface area contributed by atoms with Gasteiger partial charge in [0.05, 0.1) is 5.56 Å². The number of nitrogens with zero attached hydrogens (tertiary/aromatic N) is 2. The lowest BCUT2D eigenvalue weighted by atomic mass is 10.3. The second-order valence-corrected chi connectivity index (χ2v) is 3.47. The minimum Gasteiger partial charge on any atom is -0.367 e. The third-order valence-electron chi connectivity index (χ3n) is 2.34. The van der Waals surface area contributed by atoms with Crippen LogP contribution in [0.4, 0.5) is 5.88 Å². The molecule has 4 heteroatoms. The molecule has 4 nitrogen and oxygen atoms in total. The molecule has 12 heavy (non-hydrogen) atoms. The Labute approximate surface area is 71.3 Å². The molecule has 0 fully saturated rings. The standard InChI is InChI=1S/C8H13N3O/c1-5(2)11-3-6-7(4-11)10-12-8(6)9/h5H,3-4,9H2,1-2H3. The molecule has 0 aromatic carbocycles. The van der Waals surface area contributed by atoms with Crippen molar-refractivity contribution in [3.8, 4) is 0 Å². The first-order valence-electron chi connectivity index (χ1n) is 4.15. The maximum absolute atomic E-state index is 5.60. The SMILES string of the molecule is CC(C)N1Cc2noc(N)c2C1. The molecule has 1 aromatic heterocycles. The molecule has 0 atom stereocenters. The number of nitrogen functional groups attached to an aromatic ring is 1. The molecule has 0 unspecified atom stereocenters. The van der Waals surface area contributed by atoms with Gasteiger partial charge in [-0.3, -0.25) is 4.90 Å². The number of hydrogen-bond acceptors (Lipinski definition) is 4. The number of nitrogens with two attached hydrogens (primary N) is 1. The van der Waals surface area contributed by atoms with Crippen LogP contribution in [0.1, 0.15) is 25.1 Å². The molecule has 1 aliphatic rings. The van der Waals surface area contributed by atoms with E-state index in [2.05, 4.69) is 23.9 Å². The number of hydrogen-bond donors (Lipinski definition) is 1. The van der Waals surface area contributed by atoms with Gasteiger partial charge in [-0.1, -0.05) is 5.16 Å². The van der Waals surface area contributed by atoms with Crippen molar-refractivity contribution in [2.75, 3.05) is 5.73 Å². The lowest BCUT2D eigenvalue weighted by molar-refractivity contribution is 0.218. The molecule has 2 heterocycles. The molecule has 0 saturated heterocycles. The summed E-state index contributed by atoms with van der Waals surface area (Å²) in [6, 6.07) is 0.540. The molecule has 1 aromatic rings. The fourth-order valence-electron chi connectivity index (χ4n) is 1.47. The van der Waals surface area contributed by atoms with Crippen LogP contribution in [0.15, 0.2) is 4.52 Å². The first-order chi connectivity index (χ1) is 5.68. The summed E-state index contributed by atoms with van der Waals surface area (Å²) in [6.07, 6.45) is 0. The monoisotopic (exact) mass is 167 g/mol. The van der Waals surface area contributed by atoms with Gasteiger partial charge in [0.2, 0.25) is 5.88 Å². The molecule has 0 saturated carbocycles. The molecule has 0 amide bonds. The molecule has 0 spiro atoms. The van der Waals surface area contributed by atoms with Crippen LogP contribution < -0.4 is 5.73 Å². The normalized spacial score (nSPS) is 17.2. The third kappa shape index (κ3) is 0.992. The molecule has 0 aliphatic carbocycles. The van der Waals surface area contributed by atoms with Crippen LogP contribution in [-0.4, -0.2) is 16.1 Å². The smallest absolute Gasteiger partial charge is 0.226 e. The average molecular weight is 167 g/mol. The predicted octanol–water partition coefficient (Wildman–Crippen LogP) is 0.981. The Balaban J connectivity index is 2.22. The maximum atomic E-state index is 5.60. The minimum absolute atomic E-state index is 0.480. The highest BCUT2D eigenvalue weighted by molar-refractivity contribution is 5.40. The van der Waals surface area contributed by atoms with E-state index < -0.39 is 0 Å². The van der Waals surface area contributed by atoms with Crippen LogP contribution in [-0.2, 0) is 13.1 Å². The van der Waals surface area contributed by atoms with E-state index in [4.69, 9.17) is 10.3 Å². The fraction of sp³-hybridized carbons (Fsp3) is 0.625. The zero-order valence-corrected chi connectivity index (χ0v) is 7.37. The quantitative estimate of drug-likeness (QED) is 0.677. The molecule has 2 N–H and O–H groups in total. The molecular formula is C8H13N3O. The van der Waals surface area contributed by atoms with E-state index in [1.807, 2.05) is 0 Å². The Morgan fingerprint density at radius 2 is 2.25 bits per heavy atom. The Bertz CT molecular complexity index is 292. The van der Waals surface area contributed by atoms with E-state index in [1.165, 1.54) is 0 Å². The van der Waals surface area contributed by atoms with Crippen molar-refractivity contribution >= 4 is 5.88 Å². The predicted molar refractivity (Wildman–Crippen MR) is 45.3 cm³/mol. The highest BCUT2D eigenvalue weighted by atomic mass is 16.5. The van der Waals surface area contributed by atoms with Crippen LogP contribution >= 0.6 is 0 Å². The Morgan fingerprint density at radius 1 is 1.50 bits per heavy atom. The van der Waals surface area contributed by atoms with Crippen LogP contribution in [0, 0.1) is 0 Å². The Hall–Kier alpha value is -1.03. The van der Waals surface area contributed by atoms with Crippen molar-refractivity contribution in [2.45, 2.75) is 33.0 Å². The largest absolute Gasteiger partial charge is 0.367 e. The number of aromatic nitrogens is 1. The summed E-state index contributed by atoms with van der Waals surface area (Å²) in [4.78, 5) is 2.31. The topological polar surface area (TPSA) is 55.3 Å². The van der Waals surface area contributed by atoms with Crippen molar-refractivity contribution < 1.29 is 4.52 Å². The molecule has 0 bridgehead atoms. The van der Waals surface area contributed by atoms with Crippen molar-refractivity contribution in [2.24, 2.45) is 0 Å². The van der Waals surface area contributed by atoms with Gasteiger partial charge < -0.3 is 10.3 Å². The molecule has 66 valence electrons. The van der Waals surface area contributed by atoms with Gasteiger partial charge in [-0.15, -0.1) is 0 Å². The van der Waals surface area contributed by atoms with Crippen molar-refractivity contribution in [1.29, 1.82) is 0 Å². The van der Waals surface area contributed by atoms with E-state index in [0.29, 0.717) is 11.9 Å². The summed E-state index contributed by atoms with van der Waals surface area (Å²) >= 11 is 0. The summed E-state index contributed by atoms with van der Waals surface area (Å²) in [7, 11) is 0. The van der Waals surface area contributed by atoms with Gasteiger partial charge in [0.1, 0.15) is 5.69 Å². The van der Waals surface area contributed by atoms with Crippen molar-refractivity contribution in [3.05, 3.63) is 11.3 Å². The van der Waals surface area contributed by atoms with Crippen LogP contribution in [0.3, 0.4) is 0 Å². The van der Waals surface area contributed by atoms with Crippen molar-refractivity contribution in [1.82, 2.24) is 10.1 Å². The van der Waals surface area contributed by atoms with Gasteiger partial charge >= 0.3 is 0 Å². The highest BCUT2D eigenvalue weighted by Gasteiger charge is 2.26. The van der Waals surface area contributed by atoms with Gasteiger partial charge in [0.25, 0.3) is 0 Å². The van der Waals surface area contributed by atoms with Gasteiger partial charge in [-0.2, -0.15) is 0 Å². The third-order valence-corrected chi connectivity index (χ3v) is 2.34. The van der Waals surface area contributed by atoms with Crippen LogP contribution in [0.25, 0.3) is 0 Å². The number of fused-ring (bicyclic) bond motifs is 1. The zero-order valence-electron chi connectivity index (χ0n) is 7.37. The van der Waals surface area contributed by atoms with Crippen LogP contribution in [0.5, 0.6) is 0 Å². The molecule has 0 radical (unpaired) electrons. The highest BCUT2D eigenvalue weighted by Crippen LogP contribution is 2.27. The van der Waals surface area contributed by atoms with E-state index in [9.17, 15) is 0 Å². The van der Waals surface area contributed by atoms with E-state index >= 15 is 0 Å². The average Bonchev–Trinajstić information content (AvgIpc) is 2.53. The van der Waals surface area contributed by atoms with Crippen molar-refractivity contribution in [3.63, 3.8) is 0 Å². The summed E-state index contributed by atoms with van der Waals surface area (Å²) in [5, 5.41) is 3.89. The van der Waals surface area contributed by atoms with Gasteiger partial charge in [-0.25, -0.2) is 0 Å². The lowest BCUT2D eigenvalue weighted by Gasteiger charge is -2.18. The molecular weight excluding hydrogens is 154 g/mol. The van der Waals surface area contributed by atoms with Gasteiger partial charge in [0, 0.05) is 19.1 Å². The van der Waals surface area contributed by atoms with Gasteiger partial charge in [-0.05, 0) is 13.8 Å². The second-order valence-electron chi connectivity index (χ2n) is 3.47. The summed E-state index contributed by atoms with van der Waals surface area (Å²) in [5.41, 5.74) is 7.67. The van der Waals surface area contributed by atoms with E-state index in [1.54, 1.807) is 0 Å². The molecule has 2 rings (SSSR count). The lowest BCUT2D eigenvalue weighted by Crippen LogP contribution is -2.24. The number of rotatable bonds is 1. The second kappa shape index (κ2) is 2.48. The first-order valence-corrected chi connectivity index (χ1v) is 4.15. The van der Waals surface area contributed by atoms with E-state index in [0.717, 1.165) is 24.3 Å². The first kappa shape index (κ1) is 7.61. The van der Waals surface area contributed by atoms with Gasteiger partial charge in [0.15, 0.2) is 0 Å². The Morgan fingerprint density at radius 3 is 2.83 bits per heavy atom.